The van der Waals surface area contributed by atoms with Gasteiger partial charge in [0, 0.05) is 17.3 Å². The van der Waals surface area contributed by atoms with E-state index >= 15 is 0 Å². The minimum atomic E-state index is -1.67. The highest BCUT2D eigenvalue weighted by atomic mass is 19.1. The van der Waals surface area contributed by atoms with Crippen molar-refractivity contribution in [1.29, 1.82) is 0 Å². The number of carbonyl (C=O) groups is 1. The number of carbonyl (C=O) groups excluding carboxylic acids is 1. The van der Waals surface area contributed by atoms with Gasteiger partial charge in [0.15, 0.2) is 0 Å². The number of benzene rings is 1. The number of hydrogen-bond donors (Lipinski definition) is 2. The Morgan fingerprint density at radius 3 is 2.68 bits per heavy atom. The van der Waals surface area contributed by atoms with E-state index in [1.165, 1.54) is 13.0 Å². The average molecular weight is 306 g/mol. The van der Waals surface area contributed by atoms with Crippen LogP contribution in [0.2, 0.25) is 0 Å². The van der Waals surface area contributed by atoms with Gasteiger partial charge in [0.25, 0.3) is 5.91 Å². The molecule has 22 heavy (non-hydrogen) atoms. The van der Waals surface area contributed by atoms with Crippen molar-refractivity contribution in [3.8, 4) is 0 Å². The zero-order valence-corrected chi connectivity index (χ0v) is 12.2. The van der Waals surface area contributed by atoms with Crippen LogP contribution in [0.15, 0.2) is 36.4 Å². The van der Waals surface area contributed by atoms with Gasteiger partial charge in [-0.3, -0.25) is 4.79 Å². The topological polar surface area (TPSA) is 62.2 Å². The number of aliphatic hydroxyl groups is 1. The maximum Gasteiger partial charge on any atom is 0.269 e. The highest BCUT2D eigenvalue weighted by Gasteiger charge is 2.27. The van der Waals surface area contributed by atoms with Gasteiger partial charge < -0.3 is 10.4 Å². The quantitative estimate of drug-likeness (QED) is 0.911. The van der Waals surface area contributed by atoms with Crippen LogP contribution in [0.1, 0.15) is 28.7 Å². The Kier molecular flexibility index (Phi) is 4.51. The molecular weight excluding hydrogens is 290 g/mol. The molecule has 0 saturated carbocycles. The van der Waals surface area contributed by atoms with Crippen LogP contribution >= 0.6 is 0 Å². The summed E-state index contributed by atoms with van der Waals surface area (Å²) in [5.74, 6) is -2.08. The zero-order valence-electron chi connectivity index (χ0n) is 12.2. The molecule has 0 aliphatic carbocycles. The van der Waals surface area contributed by atoms with Crippen molar-refractivity contribution < 1.29 is 18.7 Å². The predicted octanol–water partition coefficient (Wildman–Crippen LogP) is 2.31. The second kappa shape index (κ2) is 6.19. The molecule has 2 rings (SSSR count). The summed E-state index contributed by atoms with van der Waals surface area (Å²) < 4.78 is 26.6. The summed E-state index contributed by atoms with van der Waals surface area (Å²) in [6.07, 6.45) is 0. The lowest BCUT2D eigenvalue weighted by atomic mass is 9.95. The third-order valence-electron chi connectivity index (χ3n) is 3.23. The van der Waals surface area contributed by atoms with E-state index in [1.807, 2.05) is 0 Å². The normalized spacial score (nSPS) is 13.5. The average Bonchev–Trinajstić information content (AvgIpc) is 2.44. The van der Waals surface area contributed by atoms with E-state index in [-0.39, 0.29) is 17.8 Å². The van der Waals surface area contributed by atoms with Crippen molar-refractivity contribution in [2.24, 2.45) is 0 Å². The monoisotopic (exact) mass is 306 g/mol. The largest absolute Gasteiger partial charge is 0.383 e. The first kappa shape index (κ1) is 16.0. The number of pyridine rings is 1. The lowest BCUT2D eigenvalue weighted by Crippen LogP contribution is -2.39. The molecule has 1 heterocycles. The second-order valence-corrected chi connectivity index (χ2v) is 5.24. The summed E-state index contributed by atoms with van der Waals surface area (Å²) in [5, 5.41) is 12.8. The molecular formula is C16H16F2N2O2. The van der Waals surface area contributed by atoms with Gasteiger partial charge in [-0.05, 0) is 32.0 Å². The van der Waals surface area contributed by atoms with Gasteiger partial charge in [0.2, 0.25) is 0 Å². The second-order valence-electron chi connectivity index (χ2n) is 5.24. The minimum Gasteiger partial charge on any atom is -0.383 e. The lowest BCUT2D eigenvalue weighted by Gasteiger charge is -2.24. The number of aromatic nitrogens is 1. The molecule has 2 aromatic rings. The van der Waals surface area contributed by atoms with E-state index in [1.54, 1.807) is 19.1 Å². The Bertz CT molecular complexity index is 702. The van der Waals surface area contributed by atoms with E-state index in [0.717, 1.165) is 12.1 Å². The molecule has 1 amide bonds. The van der Waals surface area contributed by atoms with Gasteiger partial charge in [-0.25, -0.2) is 13.8 Å². The van der Waals surface area contributed by atoms with Gasteiger partial charge in [0.1, 0.15) is 22.9 Å². The van der Waals surface area contributed by atoms with E-state index in [2.05, 4.69) is 10.3 Å². The predicted molar refractivity (Wildman–Crippen MR) is 77.2 cm³/mol. The summed E-state index contributed by atoms with van der Waals surface area (Å²) in [4.78, 5) is 16.0. The Balaban J connectivity index is 2.10. The standard InChI is InChI=1S/C16H16F2N2O2/c1-10-4-3-5-14(20-10)15(21)19-9-16(2,22)12-7-6-11(17)8-13(12)18/h3-8,22H,9H2,1-2H3,(H,19,21)/t16-/m1/s1. The molecule has 1 atom stereocenters. The fourth-order valence-corrected chi connectivity index (χ4v) is 2.03. The number of nitrogens with one attached hydrogen (secondary N) is 1. The smallest absolute Gasteiger partial charge is 0.269 e. The molecule has 0 radical (unpaired) electrons. The van der Waals surface area contributed by atoms with E-state index < -0.39 is 23.1 Å². The first-order valence-corrected chi connectivity index (χ1v) is 6.69. The van der Waals surface area contributed by atoms with Gasteiger partial charge in [-0.15, -0.1) is 0 Å². The number of nitrogens with zero attached hydrogens (tertiary/aromatic N) is 1. The molecule has 116 valence electrons. The number of amides is 1. The Labute approximate surface area is 126 Å². The van der Waals surface area contributed by atoms with Gasteiger partial charge >= 0.3 is 0 Å². The Morgan fingerprint density at radius 1 is 1.32 bits per heavy atom. The highest BCUT2D eigenvalue weighted by molar-refractivity contribution is 5.92. The van der Waals surface area contributed by atoms with Crippen molar-refractivity contribution in [2.75, 3.05) is 6.54 Å². The molecule has 0 aliphatic rings. The van der Waals surface area contributed by atoms with E-state index in [0.29, 0.717) is 11.8 Å². The van der Waals surface area contributed by atoms with Crippen LogP contribution in [0.4, 0.5) is 8.78 Å². The molecule has 2 N–H and O–H groups in total. The Morgan fingerprint density at radius 2 is 2.05 bits per heavy atom. The third-order valence-corrected chi connectivity index (χ3v) is 3.23. The van der Waals surface area contributed by atoms with Crippen LogP contribution in [0.3, 0.4) is 0 Å². The first-order chi connectivity index (χ1) is 10.3. The molecule has 6 heteroatoms. The van der Waals surface area contributed by atoms with Crippen LogP contribution in [-0.2, 0) is 5.60 Å². The third kappa shape index (κ3) is 3.65. The molecule has 0 bridgehead atoms. The summed E-state index contributed by atoms with van der Waals surface area (Å²) >= 11 is 0. The molecule has 0 spiro atoms. The van der Waals surface area contributed by atoms with Crippen molar-refractivity contribution in [1.82, 2.24) is 10.3 Å². The van der Waals surface area contributed by atoms with Crippen LogP contribution in [0, 0.1) is 18.6 Å². The molecule has 0 aliphatic heterocycles. The van der Waals surface area contributed by atoms with Crippen molar-refractivity contribution in [3.63, 3.8) is 0 Å². The van der Waals surface area contributed by atoms with Gasteiger partial charge in [-0.1, -0.05) is 12.1 Å². The first-order valence-electron chi connectivity index (χ1n) is 6.69. The van der Waals surface area contributed by atoms with Crippen molar-refractivity contribution >= 4 is 5.91 Å². The molecule has 0 saturated heterocycles. The number of hydrogen-bond acceptors (Lipinski definition) is 3. The molecule has 4 nitrogen and oxygen atoms in total. The van der Waals surface area contributed by atoms with Crippen LogP contribution in [0.25, 0.3) is 0 Å². The number of halogens is 2. The summed E-state index contributed by atoms with van der Waals surface area (Å²) in [6, 6.07) is 7.87. The van der Waals surface area contributed by atoms with E-state index in [9.17, 15) is 18.7 Å². The zero-order chi connectivity index (χ0) is 16.3. The number of aryl methyl sites for hydroxylation is 1. The fraction of sp³-hybridized carbons (Fsp3) is 0.250. The minimum absolute atomic E-state index is 0.0913. The van der Waals surface area contributed by atoms with Crippen molar-refractivity contribution in [2.45, 2.75) is 19.4 Å². The van der Waals surface area contributed by atoms with Crippen molar-refractivity contribution in [3.05, 3.63) is 65.0 Å². The molecule has 1 aromatic carbocycles. The van der Waals surface area contributed by atoms with Crippen LogP contribution < -0.4 is 5.32 Å². The lowest BCUT2D eigenvalue weighted by molar-refractivity contribution is 0.0493. The summed E-state index contributed by atoms with van der Waals surface area (Å²) in [7, 11) is 0. The van der Waals surface area contributed by atoms with Crippen LogP contribution in [0.5, 0.6) is 0 Å². The maximum absolute atomic E-state index is 13.7. The molecule has 1 aromatic heterocycles. The summed E-state index contributed by atoms with van der Waals surface area (Å²) in [5.41, 5.74) is -0.872. The number of rotatable bonds is 4. The van der Waals surface area contributed by atoms with Crippen LogP contribution in [-0.4, -0.2) is 22.5 Å². The molecule has 0 unspecified atom stereocenters. The SMILES string of the molecule is Cc1cccc(C(=O)NC[C@@](C)(O)c2ccc(F)cc2F)n1. The van der Waals surface area contributed by atoms with Gasteiger partial charge in [-0.2, -0.15) is 0 Å². The maximum atomic E-state index is 13.7. The van der Waals surface area contributed by atoms with Gasteiger partial charge in [0.05, 0.1) is 6.54 Å². The van der Waals surface area contributed by atoms with E-state index in [4.69, 9.17) is 0 Å². The fourth-order valence-electron chi connectivity index (χ4n) is 2.03. The summed E-state index contributed by atoms with van der Waals surface area (Å²) in [6.45, 7) is 2.86. The highest BCUT2D eigenvalue weighted by Crippen LogP contribution is 2.23. The Hall–Kier alpha value is -2.34. The molecule has 0 fully saturated rings.